The molecule has 0 aliphatic heterocycles. The standard InChI is InChI=1S/C28H27BrN2O3S/c1-21-27(30-35(2,32)33)12-7-13-28(21)31(20-23-8-6-9-24(29)18-23)19-22-14-16-26(17-15-22)34-25-10-4-3-5-11-25/h3-18,30H,19-20H2,1-2H3. The minimum absolute atomic E-state index is 0.579. The van der Waals surface area contributed by atoms with Gasteiger partial charge in [-0.2, -0.15) is 0 Å². The number of para-hydroxylation sites is 1. The summed E-state index contributed by atoms with van der Waals surface area (Å²) in [4.78, 5) is 2.25. The van der Waals surface area contributed by atoms with Crippen molar-refractivity contribution in [1.82, 2.24) is 0 Å². The highest BCUT2D eigenvalue weighted by Gasteiger charge is 2.15. The average Bonchev–Trinajstić information content (AvgIpc) is 2.81. The molecule has 0 spiro atoms. The SMILES string of the molecule is Cc1c(NS(C)(=O)=O)cccc1N(Cc1ccc(Oc2ccccc2)cc1)Cc1cccc(Br)c1. The molecule has 4 rings (SSSR count). The van der Waals surface area contributed by atoms with Crippen LogP contribution in [0.3, 0.4) is 0 Å². The third-order valence-corrected chi connectivity index (χ3v) is 6.56. The maximum atomic E-state index is 11.9. The fourth-order valence-corrected chi connectivity index (χ4v) is 4.93. The first kappa shape index (κ1) is 24.8. The van der Waals surface area contributed by atoms with E-state index in [0.717, 1.165) is 44.6 Å². The van der Waals surface area contributed by atoms with Gasteiger partial charge in [0.1, 0.15) is 11.5 Å². The highest BCUT2D eigenvalue weighted by atomic mass is 79.9. The minimum Gasteiger partial charge on any atom is -0.457 e. The van der Waals surface area contributed by atoms with E-state index >= 15 is 0 Å². The topological polar surface area (TPSA) is 58.6 Å². The molecule has 35 heavy (non-hydrogen) atoms. The maximum absolute atomic E-state index is 11.9. The van der Waals surface area contributed by atoms with Crippen molar-refractivity contribution in [3.05, 3.63) is 118 Å². The quantitative estimate of drug-likeness (QED) is 0.241. The van der Waals surface area contributed by atoms with Crippen molar-refractivity contribution in [3.8, 4) is 11.5 Å². The first-order chi connectivity index (χ1) is 16.8. The Hall–Kier alpha value is -3.29. The molecule has 0 aliphatic rings. The predicted molar refractivity (Wildman–Crippen MR) is 147 cm³/mol. The van der Waals surface area contributed by atoms with Crippen LogP contribution in [0, 0.1) is 6.92 Å². The summed E-state index contributed by atoms with van der Waals surface area (Å²) in [5, 5.41) is 0. The molecule has 0 saturated carbocycles. The van der Waals surface area contributed by atoms with E-state index in [1.807, 2.05) is 73.7 Å². The second-order valence-electron chi connectivity index (χ2n) is 8.37. The molecular weight excluding hydrogens is 524 g/mol. The van der Waals surface area contributed by atoms with Crippen LogP contribution >= 0.6 is 15.9 Å². The number of nitrogens with one attached hydrogen (secondary N) is 1. The summed E-state index contributed by atoms with van der Waals surface area (Å²) in [7, 11) is -3.38. The van der Waals surface area contributed by atoms with Crippen molar-refractivity contribution in [2.45, 2.75) is 20.0 Å². The van der Waals surface area contributed by atoms with Crippen molar-refractivity contribution in [2.75, 3.05) is 15.9 Å². The number of hydrogen-bond acceptors (Lipinski definition) is 4. The van der Waals surface area contributed by atoms with Gasteiger partial charge in [0, 0.05) is 23.2 Å². The molecule has 5 nitrogen and oxygen atoms in total. The molecule has 0 atom stereocenters. The zero-order chi connectivity index (χ0) is 24.8. The summed E-state index contributed by atoms with van der Waals surface area (Å²) < 4.78 is 33.3. The lowest BCUT2D eigenvalue weighted by atomic mass is 10.1. The van der Waals surface area contributed by atoms with Gasteiger partial charge in [0.25, 0.3) is 0 Å². The van der Waals surface area contributed by atoms with Gasteiger partial charge in [0.05, 0.1) is 11.9 Å². The Balaban J connectivity index is 1.62. The van der Waals surface area contributed by atoms with Gasteiger partial charge in [0.15, 0.2) is 0 Å². The average molecular weight is 552 g/mol. The summed E-state index contributed by atoms with van der Waals surface area (Å²) in [5.74, 6) is 1.57. The lowest BCUT2D eigenvalue weighted by Crippen LogP contribution is -2.23. The maximum Gasteiger partial charge on any atom is 0.229 e. The Kier molecular flexibility index (Phi) is 7.78. The Morgan fingerprint density at radius 1 is 0.800 bits per heavy atom. The largest absolute Gasteiger partial charge is 0.457 e. The number of sulfonamides is 1. The van der Waals surface area contributed by atoms with E-state index in [2.05, 4.69) is 49.8 Å². The molecule has 180 valence electrons. The Morgan fingerprint density at radius 2 is 1.46 bits per heavy atom. The molecule has 4 aromatic rings. The van der Waals surface area contributed by atoms with Crippen molar-refractivity contribution in [1.29, 1.82) is 0 Å². The summed E-state index contributed by atoms with van der Waals surface area (Å²) in [5.41, 5.74) is 4.67. The van der Waals surface area contributed by atoms with Gasteiger partial charge >= 0.3 is 0 Å². The van der Waals surface area contributed by atoms with Gasteiger partial charge in [-0.25, -0.2) is 8.42 Å². The predicted octanol–water partition coefficient (Wildman–Crippen LogP) is 7.13. The molecule has 0 unspecified atom stereocenters. The van der Waals surface area contributed by atoms with E-state index < -0.39 is 10.0 Å². The number of anilines is 2. The van der Waals surface area contributed by atoms with Crippen LogP contribution in [0.4, 0.5) is 11.4 Å². The van der Waals surface area contributed by atoms with Gasteiger partial charge in [0.2, 0.25) is 10.0 Å². The summed E-state index contributed by atoms with van der Waals surface area (Å²) in [6.07, 6.45) is 1.16. The molecule has 7 heteroatoms. The van der Waals surface area contributed by atoms with E-state index in [0.29, 0.717) is 18.8 Å². The first-order valence-corrected chi connectivity index (χ1v) is 13.8. The van der Waals surface area contributed by atoms with E-state index in [1.165, 1.54) is 0 Å². The molecule has 0 aliphatic carbocycles. The lowest BCUT2D eigenvalue weighted by molar-refractivity contribution is 0.482. The number of halogens is 1. The van der Waals surface area contributed by atoms with Crippen LogP contribution in [0.25, 0.3) is 0 Å². The highest BCUT2D eigenvalue weighted by molar-refractivity contribution is 9.10. The number of benzene rings is 4. The van der Waals surface area contributed by atoms with E-state index in [4.69, 9.17) is 4.74 Å². The summed E-state index contributed by atoms with van der Waals surface area (Å²) in [6.45, 7) is 3.24. The second kappa shape index (κ2) is 11.0. The van der Waals surface area contributed by atoms with E-state index in [-0.39, 0.29) is 0 Å². The monoisotopic (exact) mass is 550 g/mol. The molecule has 0 aromatic heterocycles. The van der Waals surface area contributed by atoms with Crippen LogP contribution in [0.2, 0.25) is 0 Å². The lowest BCUT2D eigenvalue weighted by Gasteiger charge is -2.28. The third kappa shape index (κ3) is 7.10. The van der Waals surface area contributed by atoms with Crippen LogP contribution in [0.1, 0.15) is 16.7 Å². The van der Waals surface area contributed by atoms with E-state index in [1.54, 1.807) is 6.07 Å². The van der Waals surface area contributed by atoms with Crippen LogP contribution in [0.15, 0.2) is 102 Å². The third-order valence-electron chi connectivity index (χ3n) is 5.48. The molecule has 0 fully saturated rings. The fourth-order valence-electron chi connectivity index (χ4n) is 3.87. The van der Waals surface area contributed by atoms with Gasteiger partial charge in [-0.15, -0.1) is 0 Å². The van der Waals surface area contributed by atoms with Crippen LogP contribution in [-0.2, 0) is 23.1 Å². The van der Waals surface area contributed by atoms with Gasteiger partial charge in [-0.05, 0) is 72.1 Å². The van der Waals surface area contributed by atoms with Crippen LogP contribution in [-0.4, -0.2) is 14.7 Å². The van der Waals surface area contributed by atoms with Crippen LogP contribution < -0.4 is 14.4 Å². The normalized spacial score (nSPS) is 11.2. The molecule has 4 aromatic carbocycles. The molecular formula is C28H27BrN2O3S. The number of ether oxygens (including phenoxy) is 1. The van der Waals surface area contributed by atoms with Crippen molar-refractivity contribution >= 4 is 37.3 Å². The molecule has 1 N–H and O–H groups in total. The molecule has 0 radical (unpaired) electrons. The highest BCUT2D eigenvalue weighted by Crippen LogP contribution is 2.31. The van der Waals surface area contributed by atoms with E-state index in [9.17, 15) is 8.42 Å². The molecule has 0 bridgehead atoms. The van der Waals surface area contributed by atoms with Crippen molar-refractivity contribution in [2.24, 2.45) is 0 Å². The minimum atomic E-state index is -3.38. The van der Waals surface area contributed by atoms with Gasteiger partial charge in [-0.3, -0.25) is 4.72 Å². The second-order valence-corrected chi connectivity index (χ2v) is 11.0. The van der Waals surface area contributed by atoms with Gasteiger partial charge in [-0.1, -0.05) is 64.5 Å². The summed E-state index contributed by atoms with van der Waals surface area (Å²) >= 11 is 3.56. The Bertz CT molecular complexity index is 1390. The van der Waals surface area contributed by atoms with Crippen molar-refractivity contribution < 1.29 is 13.2 Å². The first-order valence-electron chi connectivity index (χ1n) is 11.2. The number of rotatable bonds is 9. The van der Waals surface area contributed by atoms with Crippen LogP contribution in [0.5, 0.6) is 11.5 Å². The Labute approximate surface area is 215 Å². The zero-order valence-electron chi connectivity index (χ0n) is 19.6. The fraction of sp³-hybridized carbons (Fsp3) is 0.143. The number of nitrogens with zero attached hydrogens (tertiary/aromatic N) is 1. The van der Waals surface area contributed by atoms with Crippen molar-refractivity contribution in [3.63, 3.8) is 0 Å². The smallest absolute Gasteiger partial charge is 0.229 e. The molecule has 0 saturated heterocycles. The molecule has 0 heterocycles. The Morgan fingerprint density at radius 3 is 2.14 bits per heavy atom. The zero-order valence-corrected chi connectivity index (χ0v) is 22.0. The molecule has 0 amide bonds. The van der Waals surface area contributed by atoms with Gasteiger partial charge < -0.3 is 9.64 Å². The number of hydrogen-bond donors (Lipinski definition) is 1. The summed E-state index contributed by atoms with van der Waals surface area (Å²) in [6, 6.07) is 31.6.